The van der Waals surface area contributed by atoms with Crippen molar-refractivity contribution in [2.45, 2.75) is 46.5 Å². The van der Waals surface area contributed by atoms with Crippen LogP contribution in [0, 0.1) is 13.8 Å². The molecule has 2 rings (SSSR count). The van der Waals surface area contributed by atoms with Crippen molar-refractivity contribution in [2.75, 3.05) is 13.6 Å². The summed E-state index contributed by atoms with van der Waals surface area (Å²) in [5.41, 5.74) is 3.12. The highest BCUT2D eigenvalue weighted by Gasteiger charge is 2.28. The molecule has 1 heterocycles. The molecule has 0 spiro atoms. The van der Waals surface area contributed by atoms with Crippen molar-refractivity contribution in [3.8, 4) is 0 Å². The number of alkyl halides is 3. The highest BCUT2D eigenvalue weighted by Crippen LogP contribution is 2.21. The minimum atomic E-state index is -4.47. The number of nitrogens with zero attached hydrogens (tertiary/aromatic N) is 1. The van der Waals surface area contributed by atoms with Gasteiger partial charge >= 0.3 is 6.18 Å². The normalized spacial score (nSPS) is 12.7. The van der Waals surface area contributed by atoms with E-state index in [1.807, 2.05) is 10.2 Å². The van der Waals surface area contributed by atoms with Crippen LogP contribution < -0.4 is 5.32 Å². The fourth-order valence-corrected chi connectivity index (χ4v) is 3.40. The molecule has 31 heavy (non-hydrogen) atoms. The first-order valence-corrected chi connectivity index (χ1v) is 9.70. The second-order valence-corrected chi connectivity index (χ2v) is 7.63. The van der Waals surface area contributed by atoms with Crippen LogP contribution in [0.15, 0.2) is 24.3 Å². The van der Waals surface area contributed by atoms with E-state index in [1.165, 1.54) is 19.1 Å². The van der Waals surface area contributed by atoms with E-state index in [-0.39, 0.29) is 17.1 Å². The molecule has 0 aliphatic carbocycles. The third-order valence-corrected chi connectivity index (χ3v) is 5.17. The third kappa shape index (κ3) is 6.04. The minimum absolute atomic E-state index is 0.106. The summed E-state index contributed by atoms with van der Waals surface area (Å²) in [5.74, 6) is -1.07. The largest absolute Gasteiger partial charge is 0.405 e. The number of rotatable bonds is 8. The number of benzene rings is 1. The van der Waals surface area contributed by atoms with Gasteiger partial charge in [-0.25, -0.2) is 0 Å². The minimum Gasteiger partial charge on any atom is -0.355 e. The van der Waals surface area contributed by atoms with Gasteiger partial charge in [0.25, 0.3) is 5.91 Å². The Morgan fingerprint density at radius 2 is 1.71 bits per heavy atom. The average Bonchev–Trinajstić information content (AvgIpc) is 2.99. The summed E-state index contributed by atoms with van der Waals surface area (Å²) in [5, 5.41) is 1.82. The highest BCUT2D eigenvalue weighted by molar-refractivity contribution is 6.05. The Kier molecular flexibility index (Phi) is 7.43. The lowest BCUT2D eigenvalue weighted by Gasteiger charge is -2.23. The summed E-state index contributed by atoms with van der Waals surface area (Å²) in [6, 6.07) is 5.66. The van der Waals surface area contributed by atoms with Crippen molar-refractivity contribution < 1.29 is 27.6 Å². The first-order chi connectivity index (χ1) is 14.3. The maximum Gasteiger partial charge on any atom is 0.405 e. The number of ketones is 2. The lowest BCUT2D eigenvalue weighted by Crippen LogP contribution is -2.36. The van der Waals surface area contributed by atoms with E-state index in [1.54, 1.807) is 40.0 Å². The van der Waals surface area contributed by atoms with Gasteiger partial charge in [-0.2, -0.15) is 13.2 Å². The first kappa shape index (κ1) is 24.3. The molecule has 0 aliphatic rings. The molecule has 2 N–H and O–H groups in total. The third-order valence-electron chi connectivity index (χ3n) is 5.17. The number of likely N-dealkylation sites (N-methyl/N-ethyl adjacent to an activating group) is 1. The molecule has 0 saturated heterocycles. The second-order valence-electron chi connectivity index (χ2n) is 7.63. The topological polar surface area (TPSA) is 82.3 Å². The van der Waals surface area contributed by atoms with Gasteiger partial charge in [-0.15, -0.1) is 0 Å². The molecule has 168 valence electrons. The van der Waals surface area contributed by atoms with Gasteiger partial charge in [-0.05, 0) is 58.0 Å². The van der Waals surface area contributed by atoms with E-state index in [9.17, 15) is 27.6 Å². The lowest BCUT2D eigenvalue weighted by molar-refractivity contribution is -0.123. The van der Waals surface area contributed by atoms with Crippen molar-refractivity contribution in [2.24, 2.45) is 0 Å². The summed E-state index contributed by atoms with van der Waals surface area (Å²) in [6.45, 7) is 5.70. The lowest BCUT2D eigenvalue weighted by atomic mass is 10.0. The van der Waals surface area contributed by atoms with Crippen LogP contribution in [0.1, 0.15) is 61.9 Å². The van der Waals surface area contributed by atoms with Gasteiger partial charge in [0.2, 0.25) is 0 Å². The van der Waals surface area contributed by atoms with Crippen LogP contribution in [0.2, 0.25) is 0 Å². The number of aryl methyl sites for hydroxylation is 1. The summed E-state index contributed by atoms with van der Waals surface area (Å²) >= 11 is 0. The molecule has 2 aromatic rings. The molecule has 1 atom stereocenters. The predicted molar refractivity (Wildman–Crippen MR) is 110 cm³/mol. The molecular formula is C22H26F3N3O3. The molecule has 1 aromatic carbocycles. The van der Waals surface area contributed by atoms with E-state index >= 15 is 0 Å². The molecule has 0 unspecified atom stereocenters. The number of carbonyl (C=O) groups excluding carboxylic acids is 3. The summed E-state index contributed by atoms with van der Waals surface area (Å²) in [4.78, 5) is 41.4. The SMILES string of the molecule is CC(=O)c1c(C)[nH]c(C(=O)[C@@H](C)N(C)Cc2ccc(C(=O)NCC(F)(F)F)cc2)c1C. The molecule has 9 heteroatoms. The Morgan fingerprint density at radius 1 is 1.13 bits per heavy atom. The molecule has 0 radical (unpaired) electrons. The van der Waals surface area contributed by atoms with E-state index < -0.39 is 24.7 Å². The Balaban J connectivity index is 2.05. The number of nitrogens with one attached hydrogen (secondary N) is 2. The molecule has 0 fully saturated rings. The summed E-state index contributed by atoms with van der Waals surface area (Å²) in [6.07, 6.45) is -4.47. The Bertz CT molecular complexity index is 978. The molecule has 1 amide bonds. The van der Waals surface area contributed by atoms with Gasteiger partial charge in [0.1, 0.15) is 6.54 Å². The van der Waals surface area contributed by atoms with Crippen molar-refractivity contribution in [3.05, 3.63) is 57.9 Å². The number of aromatic nitrogens is 1. The van der Waals surface area contributed by atoms with Gasteiger partial charge in [-0.1, -0.05) is 12.1 Å². The zero-order valence-corrected chi connectivity index (χ0v) is 18.1. The number of Topliss-reactive ketones (excluding diaryl/α,β-unsaturated/α-hetero) is 2. The molecule has 1 aromatic heterocycles. The monoisotopic (exact) mass is 437 g/mol. The highest BCUT2D eigenvalue weighted by atomic mass is 19.4. The summed E-state index contributed by atoms with van der Waals surface area (Å²) < 4.78 is 36.7. The predicted octanol–water partition coefficient (Wildman–Crippen LogP) is 3.83. The van der Waals surface area contributed by atoms with Crippen molar-refractivity contribution in [3.63, 3.8) is 0 Å². The number of carbonyl (C=O) groups is 3. The van der Waals surface area contributed by atoms with Gasteiger partial charge in [0.15, 0.2) is 11.6 Å². The average molecular weight is 437 g/mol. The fourth-order valence-electron chi connectivity index (χ4n) is 3.40. The smallest absolute Gasteiger partial charge is 0.355 e. The first-order valence-electron chi connectivity index (χ1n) is 9.70. The fraction of sp³-hybridized carbons (Fsp3) is 0.409. The van der Waals surface area contributed by atoms with Crippen LogP contribution in [0.3, 0.4) is 0 Å². The number of H-pyrrole nitrogens is 1. The molecule has 0 bridgehead atoms. The number of hydrogen-bond donors (Lipinski definition) is 2. The Hall–Kier alpha value is -2.94. The molecule has 6 nitrogen and oxygen atoms in total. The maximum atomic E-state index is 13.0. The van der Waals surface area contributed by atoms with Gasteiger partial charge in [0, 0.05) is 23.4 Å². The Labute approximate surface area is 178 Å². The van der Waals surface area contributed by atoms with E-state index in [0.717, 1.165) is 5.56 Å². The second kappa shape index (κ2) is 9.47. The maximum absolute atomic E-state index is 13.0. The zero-order valence-electron chi connectivity index (χ0n) is 18.1. The van der Waals surface area contributed by atoms with Crippen LogP contribution >= 0.6 is 0 Å². The van der Waals surface area contributed by atoms with E-state index in [4.69, 9.17) is 0 Å². The van der Waals surface area contributed by atoms with E-state index in [0.29, 0.717) is 29.1 Å². The number of halogens is 3. The number of aromatic amines is 1. The standard InChI is InChI=1S/C22H26F3N3O3/c1-12-18(15(4)29)13(2)27-19(12)20(30)14(3)28(5)10-16-6-8-17(9-7-16)21(31)26-11-22(23,24)25/h6-9,14,27H,10-11H2,1-5H3,(H,26,31)/t14-/m1/s1. The summed E-state index contributed by atoms with van der Waals surface area (Å²) in [7, 11) is 1.77. The molecule has 0 saturated carbocycles. The quantitative estimate of drug-likeness (QED) is 0.615. The van der Waals surface area contributed by atoms with Crippen molar-refractivity contribution >= 4 is 17.5 Å². The molecular weight excluding hydrogens is 411 g/mol. The van der Waals surface area contributed by atoms with Crippen LogP contribution in [0.5, 0.6) is 0 Å². The van der Waals surface area contributed by atoms with Crippen molar-refractivity contribution in [1.29, 1.82) is 0 Å². The number of hydrogen-bond acceptors (Lipinski definition) is 4. The van der Waals surface area contributed by atoms with Crippen LogP contribution in [0.4, 0.5) is 13.2 Å². The van der Waals surface area contributed by atoms with E-state index in [2.05, 4.69) is 4.98 Å². The van der Waals surface area contributed by atoms with Crippen LogP contribution in [0.25, 0.3) is 0 Å². The Morgan fingerprint density at radius 3 is 2.19 bits per heavy atom. The molecule has 0 aliphatic heterocycles. The number of amides is 1. The van der Waals surface area contributed by atoms with Crippen LogP contribution in [-0.4, -0.2) is 53.2 Å². The van der Waals surface area contributed by atoms with Gasteiger partial charge in [-0.3, -0.25) is 19.3 Å². The van der Waals surface area contributed by atoms with Crippen molar-refractivity contribution in [1.82, 2.24) is 15.2 Å². The zero-order chi connectivity index (χ0) is 23.5. The van der Waals surface area contributed by atoms with Gasteiger partial charge in [0.05, 0.1) is 11.7 Å². The van der Waals surface area contributed by atoms with Gasteiger partial charge < -0.3 is 10.3 Å². The van der Waals surface area contributed by atoms with Crippen LogP contribution in [-0.2, 0) is 6.54 Å².